The average molecular weight is 361 g/mol. The second-order valence-corrected chi connectivity index (χ2v) is 5.89. The number of hydrogen-bond donors (Lipinski definition) is 3. The third kappa shape index (κ3) is 4.00. The molecule has 7 nitrogen and oxygen atoms in total. The fourth-order valence-electron chi connectivity index (χ4n) is 2.58. The molecular weight excluding hydrogens is 344 g/mol. The van der Waals surface area contributed by atoms with Crippen molar-refractivity contribution in [3.8, 4) is 5.75 Å². The van der Waals surface area contributed by atoms with E-state index < -0.39 is 6.03 Å². The van der Waals surface area contributed by atoms with Crippen LogP contribution in [0.25, 0.3) is 0 Å². The highest BCUT2D eigenvalue weighted by molar-refractivity contribution is 6.30. The summed E-state index contributed by atoms with van der Waals surface area (Å²) in [7, 11) is 1.52. The van der Waals surface area contributed by atoms with Gasteiger partial charge in [0.1, 0.15) is 17.3 Å². The largest absolute Gasteiger partial charge is 0.493 e. The molecule has 0 fully saturated rings. The molecule has 1 aliphatic heterocycles. The number of carbonyl (C=O) groups excluding carboxylic acids is 2. The Morgan fingerprint density at radius 2 is 2.12 bits per heavy atom. The maximum absolute atomic E-state index is 12.3. The number of carbonyl (C=O) groups is 2. The summed E-state index contributed by atoms with van der Waals surface area (Å²) in [5, 5.41) is 8.61. The van der Waals surface area contributed by atoms with E-state index in [1.165, 1.54) is 7.05 Å². The highest BCUT2D eigenvalue weighted by Gasteiger charge is 2.23. The Balaban J connectivity index is 1.69. The molecule has 0 saturated heterocycles. The Morgan fingerprint density at radius 3 is 2.92 bits per heavy atom. The van der Waals surface area contributed by atoms with Crippen molar-refractivity contribution < 1.29 is 14.3 Å². The number of benzene rings is 1. The number of ether oxygens (including phenoxy) is 1. The van der Waals surface area contributed by atoms with Gasteiger partial charge < -0.3 is 15.4 Å². The van der Waals surface area contributed by atoms with Gasteiger partial charge in [0, 0.05) is 24.1 Å². The van der Waals surface area contributed by atoms with Gasteiger partial charge in [0.2, 0.25) is 0 Å². The van der Waals surface area contributed by atoms with Gasteiger partial charge in [0.25, 0.3) is 5.91 Å². The molecule has 1 aromatic heterocycles. The molecule has 3 N–H and O–H groups in total. The highest BCUT2D eigenvalue weighted by Crippen LogP contribution is 2.34. The van der Waals surface area contributed by atoms with Crippen LogP contribution in [-0.4, -0.2) is 30.6 Å². The second kappa shape index (κ2) is 7.40. The summed E-state index contributed by atoms with van der Waals surface area (Å²) >= 11 is 5.97. The van der Waals surface area contributed by atoms with Crippen LogP contribution in [0.2, 0.25) is 5.02 Å². The van der Waals surface area contributed by atoms with E-state index in [0.29, 0.717) is 29.6 Å². The molecule has 0 saturated carbocycles. The number of nitrogens with zero attached hydrogens (tertiary/aromatic N) is 1. The van der Waals surface area contributed by atoms with Crippen LogP contribution in [0.15, 0.2) is 36.4 Å². The van der Waals surface area contributed by atoms with E-state index in [0.717, 1.165) is 5.56 Å². The van der Waals surface area contributed by atoms with Crippen LogP contribution in [0.1, 0.15) is 28.5 Å². The number of amides is 3. The number of halogens is 1. The van der Waals surface area contributed by atoms with Gasteiger partial charge in [-0.2, -0.15) is 0 Å². The zero-order chi connectivity index (χ0) is 17.8. The quantitative estimate of drug-likeness (QED) is 0.784. The topological polar surface area (TPSA) is 92.4 Å². The van der Waals surface area contributed by atoms with Crippen molar-refractivity contribution in [2.24, 2.45) is 0 Å². The Morgan fingerprint density at radius 1 is 1.28 bits per heavy atom. The third-order valence-corrected chi connectivity index (χ3v) is 4.01. The minimum atomic E-state index is -0.408. The lowest BCUT2D eigenvalue weighted by Crippen LogP contribution is -2.35. The van der Waals surface area contributed by atoms with Gasteiger partial charge in [0.05, 0.1) is 12.6 Å². The van der Waals surface area contributed by atoms with Crippen LogP contribution in [0.4, 0.5) is 10.6 Å². The van der Waals surface area contributed by atoms with Crippen LogP contribution in [0, 0.1) is 0 Å². The maximum Gasteiger partial charge on any atom is 0.320 e. The van der Waals surface area contributed by atoms with E-state index in [9.17, 15) is 9.59 Å². The first-order chi connectivity index (χ1) is 12.1. The summed E-state index contributed by atoms with van der Waals surface area (Å²) in [5.74, 6) is 0.644. The number of fused-ring (bicyclic) bond motifs is 1. The first-order valence-corrected chi connectivity index (χ1v) is 8.13. The van der Waals surface area contributed by atoms with Crippen LogP contribution in [0.5, 0.6) is 5.75 Å². The highest BCUT2D eigenvalue weighted by atomic mass is 35.5. The van der Waals surface area contributed by atoms with Gasteiger partial charge >= 0.3 is 6.03 Å². The SMILES string of the molecule is CNC(=O)c1cccc(NC(=O)N[C@H]2CCOc3cc(Cl)ccc32)n1. The minimum absolute atomic E-state index is 0.192. The Kier molecular flexibility index (Phi) is 5.04. The molecule has 25 heavy (non-hydrogen) atoms. The van der Waals surface area contributed by atoms with Crippen molar-refractivity contribution in [2.75, 3.05) is 19.0 Å². The fourth-order valence-corrected chi connectivity index (χ4v) is 2.74. The summed E-state index contributed by atoms with van der Waals surface area (Å²) in [6, 6.07) is 9.57. The lowest BCUT2D eigenvalue weighted by atomic mass is 10.0. The zero-order valence-electron chi connectivity index (χ0n) is 13.5. The number of aromatic nitrogens is 1. The molecule has 2 heterocycles. The third-order valence-electron chi connectivity index (χ3n) is 3.77. The number of nitrogens with one attached hydrogen (secondary N) is 3. The summed E-state index contributed by atoms with van der Waals surface area (Å²) in [5.41, 5.74) is 1.10. The molecule has 2 aromatic rings. The number of hydrogen-bond acceptors (Lipinski definition) is 4. The molecule has 0 radical (unpaired) electrons. The van der Waals surface area contributed by atoms with Crippen molar-refractivity contribution in [1.29, 1.82) is 0 Å². The number of rotatable bonds is 3. The van der Waals surface area contributed by atoms with E-state index in [-0.39, 0.29) is 17.6 Å². The Hall–Kier alpha value is -2.80. The summed E-state index contributed by atoms with van der Waals surface area (Å²) in [6.07, 6.45) is 0.647. The lowest BCUT2D eigenvalue weighted by Gasteiger charge is -2.26. The molecule has 3 rings (SSSR count). The van der Waals surface area contributed by atoms with Gasteiger partial charge in [-0.3, -0.25) is 10.1 Å². The molecule has 130 valence electrons. The number of anilines is 1. The first-order valence-electron chi connectivity index (χ1n) is 7.75. The molecule has 1 aromatic carbocycles. The van der Waals surface area contributed by atoms with Gasteiger partial charge in [-0.15, -0.1) is 0 Å². The van der Waals surface area contributed by atoms with Crippen LogP contribution >= 0.6 is 11.6 Å². The van der Waals surface area contributed by atoms with Crippen molar-refractivity contribution in [3.05, 3.63) is 52.7 Å². The monoisotopic (exact) mass is 360 g/mol. The molecule has 0 bridgehead atoms. The summed E-state index contributed by atoms with van der Waals surface area (Å²) in [6.45, 7) is 0.489. The first kappa shape index (κ1) is 17.0. The van der Waals surface area contributed by atoms with Crippen LogP contribution in [0.3, 0.4) is 0 Å². The van der Waals surface area contributed by atoms with Gasteiger partial charge in [0.15, 0.2) is 0 Å². The van der Waals surface area contributed by atoms with E-state index in [1.54, 1.807) is 30.3 Å². The molecule has 8 heteroatoms. The van der Waals surface area contributed by atoms with Crippen molar-refractivity contribution >= 4 is 29.4 Å². The standard InChI is InChI=1S/C17H17ClN4O3/c1-19-16(23)13-3-2-4-15(20-13)22-17(24)21-12-7-8-25-14-9-10(18)5-6-11(12)14/h2-6,9,12H,7-8H2,1H3,(H,19,23)(H2,20,21,22,24)/t12-/m0/s1. The molecule has 0 unspecified atom stereocenters. The molecular formula is C17H17ClN4O3. The smallest absolute Gasteiger partial charge is 0.320 e. The molecule has 0 spiro atoms. The number of pyridine rings is 1. The second-order valence-electron chi connectivity index (χ2n) is 5.46. The van der Waals surface area contributed by atoms with Crippen LogP contribution < -0.4 is 20.7 Å². The summed E-state index contributed by atoms with van der Waals surface area (Å²) in [4.78, 5) is 28.0. The van der Waals surface area contributed by atoms with Gasteiger partial charge in [-0.1, -0.05) is 23.7 Å². The van der Waals surface area contributed by atoms with E-state index in [4.69, 9.17) is 16.3 Å². The van der Waals surface area contributed by atoms with Gasteiger partial charge in [-0.25, -0.2) is 9.78 Å². The lowest BCUT2D eigenvalue weighted by molar-refractivity contribution is 0.0958. The molecule has 3 amide bonds. The average Bonchev–Trinajstić information content (AvgIpc) is 2.61. The normalized spacial score (nSPS) is 15.5. The molecule has 0 aliphatic carbocycles. The fraction of sp³-hybridized carbons (Fsp3) is 0.235. The van der Waals surface area contributed by atoms with Crippen molar-refractivity contribution in [3.63, 3.8) is 0 Å². The number of urea groups is 1. The maximum atomic E-state index is 12.3. The van der Waals surface area contributed by atoms with E-state index in [1.807, 2.05) is 6.07 Å². The zero-order valence-corrected chi connectivity index (χ0v) is 14.3. The van der Waals surface area contributed by atoms with E-state index >= 15 is 0 Å². The van der Waals surface area contributed by atoms with Crippen molar-refractivity contribution in [2.45, 2.75) is 12.5 Å². The molecule has 1 aliphatic rings. The predicted molar refractivity (Wildman–Crippen MR) is 94.1 cm³/mol. The van der Waals surface area contributed by atoms with Crippen molar-refractivity contribution in [1.82, 2.24) is 15.6 Å². The predicted octanol–water partition coefficient (Wildman–Crippen LogP) is 2.74. The Labute approximate surface area is 149 Å². The summed E-state index contributed by atoms with van der Waals surface area (Å²) < 4.78 is 5.58. The Bertz CT molecular complexity index is 812. The van der Waals surface area contributed by atoms with Crippen LogP contribution in [-0.2, 0) is 0 Å². The van der Waals surface area contributed by atoms with E-state index in [2.05, 4.69) is 20.9 Å². The van der Waals surface area contributed by atoms with Gasteiger partial charge in [-0.05, 0) is 24.3 Å². The molecule has 1 atom stereocenters. The minimum Gasteiger partial charge on any atom is -0.493 e.